The van der Waals surface area contributed by atoms with Gasteiger partial charge in [-0.2, -0.15) is 4.40 Å². The summed E-state index contributed by atoms with van der Waals surface area (Å²) in [6, 6.07) is -0.329. The molecule has 0 radical (unpaired) electrons. The molecule has 2 aliphatic rings. The fourth-order valence-corrected chi connectivity index (χ4v) is 7.57. The Morgan fingerprint density at radius 2 is 2.22 bits per heavy atom. The molecular formula is C20H22N5O4S3+. The number of amides is 1. The highest BCUT2D eigenvalue weighted by Gasteiger charge is 2.60. The standard InChI is InChI=1S/C20H21N5O4S3/c1-8-12(15(19(28)29)25-14(8)13(9(2)26)16(25)27)11-5-24-7-23(17(30-3)18(24)32-11)4-10-6-31-20(21)22-10/h5-9,13-14,26H,4H2,1-3H3,(H2-,21,22,28,29)/p+1/t8-,9+,13+,14+/m0/s1. The Bertz CT molecular complexity index is 1290. The predicted molar refractivity (Wildman–Crippen MR) is 122 cm³/mol. The van der Waals surface area contributed by atoms with Crippen LogP contribution in [0.15, 0.2) is 28.6 Å². The first kappa shape index (κ1) is 21.4. The van der Waals surface area contributed by atoms with Gasteiger partial charge in [0.2, 0.25) is 15.8 Å². The number of β-lactam (4-membered cyclic amide) rings is 1. The smallest absolute Gasteiger partial charge is 0.352 e. The van der Waals surface area contributed by atoms with Crippen molar-refractivity contribution in [1.29, 1.82) is 0 Å². The van der Waals surface area contributed by atoms with E-state index in [9.17, 15) is 19.8 Å². The number of hydrogen-bond acceptors (Lipinski definition) is 8. The molecule has 0 saturated carbocycles. The minimum Gasteiger partial charge on any atom is -0.477 e. The number of aliphatic hydroxyl groups is 1. The Kier molecular flexibility index (Phi) is 5.08. The Labute approximate surface area is 195 Å². The zero-order valence-corrected chi connectivity index (χ0v) is 20.0. The van der Waals surface area contributed by atoms with E-state index in [4.69, 9.17) is 5.73 Å². The van der Waals surface area contributed by atoms with Crippen LogP contribution in [0.1, 0.15) is 24.4 Å². The van der Waals surface area contributed by atoms with Crippen LogP contribution in [-0.4, -0.2) is 54.8 Å². The third-order valence-electron chi connectivity index (χ3n) is 6.14. The number of rotatable bonds is 6. The number of nitrogens with two attached hydrogens (primary N) is 1. The number of nitrogen functional groups attached to an aromatic ring is 1. The first-order valence-corrected chi connectivity index (χ1v) is 12.9. The third-order valence-corrected chi connectivity index (χ3v) is 8.95. The first-order chi connectivity index (χ1) is 15.2. The van der Waals surface area contributed by atoms with E-state index in [0.29, 0.717) is 17.2 Å². The molecule has 2 aliphatic heterocycles. The SMILES string of the molecule is CSc1c2sc(C3=C(C(=O)O)N4C(=O)[C@H]([C@@H](C)O)[C@H]4[C@H]3C)cn2c[n+]1Cc1csc(N)n1. The van der Waals surface area contributed by atoms with Gasteiger partial charge in [-0.25, -0.2) is 14.3 Å². The topological polar surface area (TPSA) is 125 Å². The lowest BCUT2D eigenvalue weighted by Gasteiger charge is -2.46. The number of thioether (sulfide) groups is 1. The number of nitrogens with zero attached hydrogens (tertiary/aromatic N) is 4. The van der Waals surface area contributed by atoms with Gasteiger partial charge < -0.3 is 20.8 Å². The van der Waals surface area contributed by atoms with Gasteiger partial charge in [0.05, 0.1) is 28.6 Å². The van der Waals surface area contributed by atoms with Gasteiger partial charge in [0.15, 0.2) is 5.13 Å². The van der Waals surface area contributed by atoms with Crippen LogP contribution in [-0.2, 0) is 16.1 Å². The maximum atomic E-state index is 12.6. The molecule has 5 rings (SSSR count). The maximum Gasteiger partial charge on any atom is 0.352 e. The molecule has 5 heterocycles. The summed E-state index contributed by atoms with van der Waals surface area (Å²) in [6.45, 7) is 4.11. The van der Waals surface area contributed by atoms with Crippen molar-refractivity contribution in [3.63, 3.8) is 0 Å². The third kappa shape index (κ3) is 3.00. The van der Waals surface area contributed by atoms with Gasteiger partial charge in [-0.1, -0.05) is 30.0 Å². The van der Waals surface area contributed by atoms with E-state index < -0.39 is 18.0 Å². The molecule has 4 atom stereocenters. The number of hydrogen-bond donors (Lipinski definition) is 3. The van der Waals surface area contributed by atoms with Crippen LogP contribution in [0.5, 0.6) is 0 Å². The second-order valence-electron chi connectivity index (χ2n) is 8.06. The van der Waals surface area contributed by atoms with Crippen molar-refractivity contribution in [3.05, 3.63) is 34.2 Å². The Morgan fingerprint density at radius 3 is 2.81 bits per heavy atom. The number of anilines is 1. The Hall–Kier alpha value is -2.41. The highest BCUT2D eigenvalue weighted by atomic mass is 32.2. The fourth-order valence-electron chi connectivity index (χ4n) is 4.84. The van der Waals surface area contributed by atoms with Crippen LogP contribution < -0.4 is 10.3 Å². The molecule has 1 saturated heterocycles. The van der Waals surface area contributed by atoms with E-state index in [1.807, 2.05) is 35.5 Å². The molecular weight excluding hydrogens is 470 g/mol. The van der Waals surface area contributed by atoms with Crippen molar-refractivity contribution in [2.75, 3.05) is 12.0 Å². The second kappa shape index (κ2) is 7.58. The van der Waals surface area contributed by atoms with Crippen LogP contribution in [0.3, 0.4) is 0 Å². The van der Waals surface area contributed by atoms with Gasteiger partial charge in [-0.15, -0.1) is 11.3 Å². The van der Waals surface area contributed by atoms with E-state index in [1.165, 1.54) is 27.6 Å². The number of thiazole rings is 2. The molecule has 0 spiro atoms. The quantitative estimate of drug-likeness (QED) is 0.272. The van der Waals surface area contributed by atoms with E-state index in [0.717, 1.165) is 20.4 Å². The summed E-state index contributed by atoms with van der Waals surface area (Å²) >= 11 is 4.52. The van der Waals surface area contributed by atoms with Crippen LogP contribution >= 0.6 is 34.4 Å². The fraction of sp³-hybridized carbons (Fsp3) is 0.400. The molecule has 12 heteroatoms. The summed E-state index contributed by atoms with van der Waals surface area (Å²) in [7, 11) is 0. The lowest BCUT2D eigenvalue weighted by Crippen LogP contribution is -2.63. The molecule has 4 N–H and O–H groups in total. The zero-order valence-electron chi connectivity index (χ0n) is 17.6. The Morgan fingerprint density at radius 1 is 1.47 bits per heavy atom. The largest absolute Gasteiger partial charge is 0.477 e. The number of carboxylic acid groups (broad SMARTS) is 1. The first-order valence-electron chi connectivity index (χ1n) is 9.99. The van der Waals surface area contributed by atoms with Gasteiger partial charge >= 0.3 is 5.97 Å². The lowest BCUT2D eigenvalue weighted by molar-refractivity contribution is -0.722. The molecule has 0 aliphatic carbocycles. The minimum atomic E-state index is -1.12. The molecule has 0 aromatic carbocycles. The van der Waals surface area contributed by atoms with E-state index in [-0.39, 0.29) is 23.6 Å². The number of aliphatic carboxylic acids is 1. The second-order valence-corrected chi connectivity index (χ2v) is 10.8. The van der Waals surface area contributed by atoms with E-state index in [1.54, 1.807) is 18.7 Å². The average Bonchev–Trinajstić information content (AvgIpc) is 3.43. The number of carbonyl (C=O) groups excluding carboxylic acids is 1. The Balaban J connectivity index is 1.57. The average molecular weight is 493 g/mol. The molecule has 168 valence electrons. The van der Waals surface area contributed by atoms with Crippen molar-refractivity contribution in [3.8, 4) is 0 Å². The number of aliphatic hydroxyl groups excluding tert-OH is 1. The molecule has 9 nitrogen and oxygen atoms in total. The van der Waals surface area contributed by atoms with Crippen molar-refractivity contribution < 1.29 is 24.4 Å². The molecule has 0 bridgehead atoms. The predicted octanol–water partition coefficient (Wildman–Crippen LogP) is 1.75. The van der Waals surface area contributed by atoms with Crippen LogP contribution in [0.2, 0.25) is 0 Å². The van der Waals surface area contributed by atoms with Crippen molar-refractivity contribution in [2.24, 2.45) is 11.8 Å². The number of imidazole rings is 1. The molecule has 0 unspecified atom stereocenters. The van der Waals surface area contributed by atoms with Crippen LogP contribution in [0.4, 0.5) is 5.13 Å². The highest BCUT2D eigenvalue weighted by Crippen LogP contribution is 2.51. The monoisotopic (exact) mass is 492 g/mol. The van der Waals surface area contributed by atoms with E-state index >= 15 is 0 Å². The number of carbonyl (C=O) groups is 2. The van der Waals surface area contributed by atoms with Crippen molar-refractivity contribution in [2.45, 2.75) is 37.6 Å². The van der Waals surface area contributed by atoms with Crippen LogP contribution in [0, 0.1) is 11.8 Å². The summed E-state index contributed by atoms with van der Waals surface area (Å²) in [5.74, 6) is -2.20. The van der Waals surface area contributed by atoms with E-state index in [2.05, 4.69) is 9.55 Å². The van der Waals surface area contributed by atoms with Gasteiger partial charge in [-0.3, -0.25) is 4.79 Å². The van der Waals surface area contributed by atoms with Crippen LogP contribution in [0.25, 0.3) is 10.4 Å². The number of aromatic nitrogens is 3. The summed E-state index contributed by atoms with van der Waals surface area (Å²) in [5, 5.41) is 23.5. The minimum absolute atomic E-state index is 0.0328. The van der Waals surface area contributed by atoms with Crippen molar-refractivity contribution in [1.82, 2.24) is 14.3 Å². The number of fused-ring (bicyclic) bond motifs is 2. The van der Waals surface area contributed by atoms with Crippen molar-refractivity contribution >= 4 is 61.8 Å². The summed E-state index contributed by atoms with van der Waals surface area (Å²) < 4.78 is 4.09. The van der Waals surface area contributed by atoms with Gasteiger partial charge in [0, 0.05) is 16.9 Å². The highest BCUT2D eigenvalue weighted by molar-refractivity contribution is 7.98. The summed E-state index contributed by atoms with van der Waals surface area (Å²) in [5.41, 5.74) is 7.33. The molecule has 3 aromatic heterocycles. The zero-order chi connectivity index (χ0) is 22.9. The van der Waals surface area contributed by atoms with Gasteiger partial charge in [0.1, 0.15) is 18.4 Å². The number of carboxylic acids is 1. The maximum absolute atomic E-state index is 12.6. The normalized spacial score (nSPS) is 23.7. The van der Waals surface area contributed by atoms with Gasteiger partial charge in [-0.05, 0) is 13.2 Å². The molecule has 1 fully saturated rings. The van der Waals surface area contributed by atoms with Gasteiger partial charge in [0.25, 0.3) is 6.33 Å². The summed E-state index contributed by atoms with van der Waals surface area (Å²) in [6.07, 6.45) is 5.07. The molecule has 1 amide bonds. The summed E-state index contributed by atoms with van der Waals surface area (Å²) in [4.78, 5) is 32.3. The lowest BCUT2D eigenvalue weighted by atomic mass is 9.77. The molecule has 32 heavy (non-hydrogen) atoms. The molecule has 3 aromatic rings.